The topological polar surface area (TPSA) is 115 Å². The minimum absolute atomic E-state index is 0.0119. The number of carbonyl (C=O) groups excluding carboxylic acids is 1. The molecule has 1 fully saturated rings. The van der Waals surface area contributed by atoms with Crippen LogP contribution in [0.15, 0.2) is 107 Å². The fourth-order valence-corrected chi connectivity index (χ4v) is 7.05. The molecule has 1 aliphatic rings. The number of benzene rings is 4. The quantitative estimate of drug-likeness (QED) is 0.129. The van der Waals surface area contributed by atoms with E-state index in [0.717, 1.165) is 31.8 Å². The van der Waals surface area contributed by atoms with Gasteiger partial charge in [-0.25, -0.2) is 4.79 Å². The largest absolute Gasteiger partial charge is 0.457 e. The Morgan fingerprint density at radius 1 is 0.848 bits per heavy atom. The van der Waals surface area contributed by atoms with Gasteiger partial charge in [-0.3, -0.25) is 0 Å². The number of thioether (sulfide) groups is 1. The first kappa shape index (κ1) is 31.7. The molecule has 4 aromatic carbocycles. The van der Waals surface area contributed by atoms with Gasteiger partial charge in [-0.15, -0.1) is 10.2 Å². The number of para-hydroxylation sites is 1. The highest BCUT2D eigenvalue weighted by molar-refractivity contribution is 8.01. The molecule has 4 atom stereocenters. The van der Waals surface area contributed by atoms with E-state index in [9.17, 15) is 9.90 Å². The Morgan fingerprint density at radius 2 is 1.48 bits per heavy atom. The van der Waals surface area contributed by atoms with Crippen molar-refractivity contribution in [1.82, 2.24) is 10.2 Å². The van der Waals surface area contributed by atoms with Gasteiger partial charge < -0.3 is 30.0 Å². The molecular formula is C35H34N4O5S2. The van der Waals surface area contributed by atoms with Gasteiger partial charge >= 0.3 is 6.03 Å². The average Bonchev–Trinajstić information content (AvgIpc) is 3.51. The van der Waals surface area contributed by atoms with E-state index in [0.29, 0.717) is 22.9 Å². The third kappa shape index (κ3) is 8.11. The SMILES string of the molecule is Cc1nnc(SC[C@H]2O[C@@H](c3ccc(NC(=O)Nc4ccc(Oc5ccccc5)cc4)cc3)O[C@@H](c3ccc(CO)cc3)[C@H]2C)s1. The number of carbonyl (C=O) groups is 1. The Balaban J connectivity index is 1.10. The van der Waals surface area contributed by atoms with Crippen LogP contribution in [-0.4, -0.2) is 33.2 Å². The van der Waals surface area contributed by atoms with Gasteiger partial charge in [0, 0.05) is 28.6 Å². The second kappa shape index (κ2) is 14.9. The van der Waals surface area contributed by atoms with Crippen molar-refractivity contribution in [3.8, 4) is 11.5 Å². The zero-order valence-corrected chi connectivity index (χ0v) is 27.0. The van der Waals surface area contributed by atoms with E-state index in [2.05, 4.69) is 27.8 Å². The van der Waals surface area contributed by atoms with Gasteiger partial charge in [-0.2, -0.15) is 0 Å². The molecule has 0 bridgehead atoms. The first-order valence-electron chi connectivity index (χ1n) is 14.9. The maximum atomic E-state index is 12.7. The molecule has 9 nitrogen and oxygen atoms in total. The fraction of sp³-hybridized carbons (Fsp3) is 0.229. The molecule has 0 aliphatic carbocycles. The summed E-state index contributed by atoms with van der Waals surface area (Å²) in [6, 6.07) is 31.6. The van der Waals surface area contributed by atoms with Gasteiger partial charge in [0.05, 0.1) is 18.8 Å². The van der Waals surface area contributed by atoms with Crippen LogP contribution < -0.4 is 15.4 Å². The van der Waals surface area contributed by atoms with Gasteiger partial charge in [0.1, 0.15) is 16.5 Å². The van der Waals surface area contributed by atoms with Crippen LogP contribution in [0.25, 0.3) is 0 Å². The zero-order valence-electron chi connectivity index (χ0n) is 25.3. The first-order valence-corrected chi connectivity index (χ1v) is 16.7. The number of aliphatic hydroxyl groups is 1. The number of nitrogens with one attached hydrogen (secondary N) is 2. The number of rotatable bonds is 10. The van der Waals surface area contributed by atoms with E-state index < -0.39 is 6.29 Å². The molecule has 5 aromatic rings. The van der Waals surface area contributed by atoms with Crippen LogP contribution in [0.3, 0.4) is 0 Å². The van der Waals surface area contributed by atoms with E-state index >= 15 is 0 Å². The predicted octanol–water partition coefficient (Wildman–Crippen LogP) is 8.36. The number of ether oxygens (including phenoxy) is 3. The van der Waals surface area contributed by atoms with E-state index in [-0.39, 0.29) is 30.8 Å². The van der Waals surface area contributed by atoms with Crippen LogP contribution >= 0.6 is 23.1 Å². The molecule has 2 heterocycles. The number of aryl methyl sites for hydroxylation is 1. The van der Waals surface area contributed by atoms with E-state index in [1.165, 1.54) is 0 Å². The van der Waals surface area contributed by atoms with Crippen LogP contribution in [0.1, 0.15) is 41.0 Å². The highest BCUT2D eigenvalue weighted by Gasteiger charge is 2.38. The number of anilines is 2. The third-order valence-electron chi connectivity index (χ3n) is 7.53. The first-order chi connectivity index (χ1) is 22.4. The summed E-state index contributed by atoms with van der Waals surface area (Å²) in [6.45, 7) is 4.06. The summed E-state index contributed by atoms with van der Waals surface area (Å²) in [5.74, 6) is 2.17. The van der Waals surface area contributed by atoms with Crippen molar-refractivity contribution < 1.29 is 24.1 Å². The van der Waals surface area contributed by atoms with Crippen LogP contribution in [0.5, 0.6) is 11.5 Å². The van der Waals surface area contributed by atoms with Crippen LogP contribution in [-0.2, 0) is 16.1 Å². The Morgan fingerprint density at radius 3 is 2.11 bits per heavy atom. The summed E-state index contributed by atoms with van der Waals surface area (Å²) >= 11 is 3.20. The Kier molecular flexibility index (Phi) is 10.3. The van der Waals surface area contributed by atoms with Crippen molar-refractivity contribution in [2.24, 2.45) is 5.92 Å². The van der Waals surface area contributed by atoms with E-state index in [4.69, 9.17) is 14.2 Å². The molecular weight excluding hydrogens is 621 g/mol. The lowest BCUT2D eigenvalue weighted by Crippen LogP contribution is -2.38. The lowest BCUT2D eigenvalue weighted by atomic mass is 9.91. The summed E-state index contributed by atoms with van der Waals surface area (Å²) < 4.78 is 19.8. The van der Waals surface area contributed by atoms with Gasteiger partial charge in [0.2, 0.25) is 0 Å². The van der Waals surface area contributed by atoms with Crippen LogP contribution in [0, 0.1) is 12.8 Å². The minimum Gasteiger partial charge on any atom is -0.457 e. The second-order valence-corrected chi connectivity index (χ2v) is 13.3. The predicted molar refractivity (Wildman–Crippen MR) is 180 cm³/mol. The van der Waals surface area contributed by atoms with Crippen molar-refractivity contribution >= 4 is 40.5 Å². The maximum Gasteiger partial charge on any atom is 0.323 e. The number of aliphatic hydroxyl groups excluding tert-OH is 1. The molecule has 1 aliphatic heterocycles. The van der Waals surface area contributed by atoms with Gasteiger partial charge in [0.15, 0.2) is 10.6 Å². The highest BCUT2D eigenvalue weighted by atomic mass is 32.2. The molecule has 2 amide bonds. The number of hydrogen-bond acceptors (Lipinski definition) is 9. The maximum absolute atomic E-state index is 12.7. The molecule has 1 aromatic heterocycles. The monoisotopic (exact) mass is 654 g/mol. The number of urea groups is 1. The number of nitrogens with zero attached hydrogens (tertiary/aromatic N) is 2. The van der Waals surface area contributed by atoms with Crippen molar-refractivity contribution in [2.45, 2.75) is 43.3 Å². The van der Waals surface area contributed by atoms with Gasteiger partial charge in [-0.05, 0) is 66.6 Å². The molecule has 11 heteroatoms. The Bertz CT molecular complexity index is 1720. The fourth-order valence-electron chi connectivity index (χ4n) is 5.05. The average molecular weight is 655 g/mol. The Labute approximate surface area is 276 Å². The van der Waals surface area contributed by atoms with E-state index in [1.54, 1.807) is 47.4 Å². The molecule has 236 valence electrons. The van der Waals surface area contributed by atoms with Crippen LogP contribution in [0.4, 0.5) is 16.2 Å². The molecule has 1 saturated heterocycles. The molecule has 0 radical (unpaired) electrons. The third-order valence-corrected chi connectivity index (χ3v) is 9.59. The lowest BCUT2D eigenvalue weighted by Gasteiger charge is -2.41. The Hall–Kier alpha value is -4.26. The van der Waals surface area contributed by atoms with E-state index in [1.807, 2.05) is 85.8 Å². The number of amides is 2. The molecule has 3 N–H and O–H groups in total. The van der Waals surface area contributed by atoms with Gasteiger partial charge in [-0.1, -0.05) is 84.6 Å². The summed E-state index contributed by atoms with van der Waals surface area (Å²) in [5, 5.41) is 24.6. The van der Waals surface area contributed by atoms with Gasteiger partial charge in [0.25, 0.3) is 0 Å². The second-order valence-electron chi connectivity index (χ2n) is 10.9. The van der Waals surface area contributed by atoms with Crippen molar-refractivity contribution in [2.75, 3.05) is 16.4 Å². The number of aromatic nitrogens is 2. The van der Waals surface area contributed by atoms with Crippen molar-refractivity contribution in [1.29, 1.82) is 0 Å². The highest BCUT2D eigenvalue weighted by Crippen LogP contribution is 2.43. The summed E-state index contributed by atoms with van der Waals surface area (Å²) in [5.41, 5.74) is 3.97. The smallest absolute Gasteiger partial charge is 0.323 e. The summed E-state index contributed by atoms with van der Waals surface area (Å²) in [4.78, 5) is 12.7. The van der Waals surface area contributed by atoms with Crippen molar-refractivity contribution in [3.05, 3.63) is 125 Å². The summed E-state index contributed by atoms with van der Waals surface area (Å²) in [7, 11) is 0. The normalized spacial score (nSPS) is 19.4. The number of hydrogen-bond donors (Lipinski definition) is 3. The molecule has 6 rings (SSSR count). The van der Waals surface area contributed by atoms with Crippen LogP contribution in [0.2, 0.25) is 0 Å². The lowest BCUT2D eigenvalue weighted by molar-refractivity contribution is -0.268. The minimum atomic E-state index is -0.611. The van der Waals surface area contributed by atoms with Crippen molar-refractivity contribution in [3.63, 3.8) is 0 Å². The zero-order chi connectivity index (χ0) is 31.9. The molecule has 0 spiro atoms. The molecule has 0 saturated carbocycles. The molecule has 46 heavy (non-hydrogen) atoms. The standard InChI is InChI=1S/C35H34N4O5S2/c1-22-31(21-45-35-39-38-23(2)46-35)43-33(44-32(22)25-10-8-24(20-40)9-11-25)26-12-14-27(15-13-26)36-34(41)37-28-16-18-30(19-17-28)42-29-6-4-3-5-7-29/h3-19,22,31-33,40H,20-21H2,1-2H3,(H2,36,37,41)/t22-,31+,32+,33+/m0/s1. The summed E-state index contributed by atoms with van der Waals surface area (Å²) in [6.07, 6.45) is -0.954. The molecule has 0 unspecified atom stereocenters.